The molecule has 6 nitrogen and oxygen atoms in total. The van der Waals surface area contributed by atoms with E-state index in [0.717, 1.165) is 21.9 Å². The lowest BCUT2D eigenvalue weighted by molar-refractivity contribution is -0.134. The number of hydrogen-bond donors (Lipinski definition) is 1. The van der Waals surface area contributed by atoms with Gasteiger partial charge in [0.15, 0.2) is 0 Å². The van der Waals surface area contributed by atoms with Crippen LogP contribution in [-0.2, 0) is 16.1 Å². The number of carbonyl (C=O) groups excluding carboxylic acids is 2. The Balaban J connectivity index is 1.63. The second-order valence-corrected chi connectivity index (χ2v) is 6.97. The van der Waals surface area contributed by atoms with Crippen LogP contribution in [0, 0.1) is 0 Å². The second-order valence-electron chi connectivity index (χ2n) is 6.97. The highest BCUT2D eigenvalue weighted by atomic mass is 16.5. The summed E-state index contributed by atoms with van der Waals surface area (Å²) in [5, 5.41) is 4.94. The Kier molecular flexibility index (Phi) is 4.69. The number of carbonyl (C=O) groups is 2. The lowest BCUT2D eigenvalue weighted by Gasteiger charge is -2.29. The Labute approximate surface area is 163 Å². The number of anilines is 1. The van der Waals surface area contributed by atoms with Crippen LogP contribution in [0.3, 0.4) is 0 Å². The van der Waals surface area contributed by atoms with Crippen LogP contribution in [0.25, 0.3) is 10.8 Å². The van der Waals surface area contributed by atoms with Crippen molar-refractivity contribution in [3.63, 3.8) is 0 Å². The number of benzene rings is 2. The molecule has 1 aromatic heterocycles. The molecule has 0 saturated heterocycles. The number of hydrogen-bond acceptors (Lipinski definition) is 4. The molecule has 3 aromatic rings. The van der Waals surface area contributed by atoms with E-state index in [1.54, 1.807) is 37.4 Å². The number of aromatic nitrogens is 1. The van der Waals surface area contributed by atoms with Gasteiger partial charge >= 0.3 is 0 Å². The van der Waals surface area contributed by atoms with Crippen LogP contribution in [0.1, 0.15) is 23.5 Å². The quantitative estimate of drug-likeness (QED) is 0.759. The van der Waals surface area contributed by atoms with Crippen LogP contribution in [0.5, 0.6) is 5.75 Å². The maximum atomic E-state index is 13.2. The van der Waals surface area contributed by atoms with E-state index in [1.165, 1.54) is 0 Å². The molecule has 2 heterocycles. The molecule has 0 spiro atoms. The molecule has 0 saturated carbocycles. The van der Waals surface area contributed by atoms with Gasteiger partial charge in [-0.2, -0.15) is 0 Å². The summed E-state index contributed by atoms with van der Waals surface area (Å²) in [5.41, 5.74) is 2.50. The predicted molar refractivity (Wildman–Crippen MR) is 107 cm³/mol. The summed E-state index contributed by atoms with van der Waals surface area (Å²) in [7, 11) is 3.36. The van der Waals surface area contributed by atoms with E-state index in [0.29, 0.717) is 18.0 Å². The van der Waals surface area contributed by atoms with Gasteiger partial charge in [0, 0.05) is 43.5 Å². The molecule has 4 rings (SSSR count). The van der Waals surface area contributed by atoms with E-state index in [2.05, 4.69) is 10.3 Å². The smallest absolute Gasteiger partial charge is 0.230 e. The van der Waals surface area contributed by atoms with Crippen molar-refractivity contribution in [1.29, 1.82) is 0 Å². The number of nitrogens with one attached hydrogen (secondary N) is 1. The molecule has 0 unspecified atom stereocenters. The van der Waals surface area contributed by atoms with Crippen molar-refractivity contribution in [3.05, 3.63) is 66.0 Å². The molecule has 0 radical (unpaired) electrons. The van der Waals surface area contributed by atoms with Crippen molar-refractivity contribution < 1.29 is 14.3 Å². The highest BCUT2D eigenvalue weighted by molar-refractivity contribution is 6.01. The number of amides is 2. The Bertz CT molecular complexity index is 1060. The average Bonchev–Trinajstić information content (AvgIpc) is 2.72. The summed E-state index contributed by atoms with van der Waals surface area (Å²) < 4.78 is 5.30. The predicted octanol–water partition coefficient (Wildman–Crippen LogP) is 3.33. The van der Waals surface area contributed by atoms with Crippen LogP contribution in [0.2, 0.25) is 0 Å². The minimum absolute atomic E-state index is 0.0876. The molecule has 1 aliphatic heterocycles. The van der Waals surface area contributed by atoms with E-state index in [9.17, 15) is 9.59 Å². The molecule has 0 aliphatic carbocycles. The van der Waals surface area contributed by atoms with Gasteiger partial charge in [-0.25, -0.2) is 0 Å². The summed E-state index contributed by atoms with van der Waals surface area (Å²) in [6, 6.07) is 13.3. The fourth-order valence-electron chi connectivity index (χ4n) is 3.71. The first-order valence-electron chi connectivity index (χ1n) is 9.11. The highest BCUT2D eigenvalue weighted by Crippen LogP contribution is 2.36. The number of rotatable bonds is 4. The monoisotopic (exact) mass is 375 g/mol. The number of likely N-dealkylation sites (N-methyl/N-ethyl adjacent to an activating group) is 1. The number of nitrogens with zero attached hydrogens (tertiary/aromatic N) is 2. The zero-order valence-corrected chi connectivity index (χ0v) is 15.8. The minimum Gasteiger partial charge on any atom is -0.497 e. The number of ether oxygens (including phenoxy) is 1. The van der Waals surface area contributed by atoms with Gasteiger partial charge < -0.3 is 15.0 Å². The lowest BCUT2D eigenvalue weighted by atomic mass is 9.89. The topological polar surface area (TPSA) is 71.5 Å². The van der Waals surface area contributed by atoms with Crippen molar-refractivity contribution in [1.82, 2.24) is 9.88 Å². The van der Waals surface area contributed by atoms with Crippen molar-refractivity contribution in [2.24, 2.45) is 0 Å². The summed E-state index contributed by atoms with van der Waals surface area (Å²) in [6.07, 6.45) is 3.69. The zero-order chi connectivity index (χ0) is 19.7. The van der Waals surface area contributed by atoms with Crippen LogP contribution < -0.4 is 10.1 Å². The van der Waals surface area contributed by atoms with Crippen molar-refractivity contribution >= 4 is 28.3 Å². The number of methoxy groups -OCH3 is 1. The fourth-order valence-corrected chi connectivity index (χ4v) is 3.71. The standard InChI is InChI=1S/C22H21N3O3/c1-25(13-15-5-3-4-14-12-23-9-8-17(14)15)22(27)19-11-21(26)24-20-7-6-16(28-2)10-18(19)20/h3-10,12,19H,11,13H2,1-2H3,(H,24,26)/t19-/m1/s1. The number of fused-ring (bicyclic) bond motifs is 2. The van der Waals surface area contributed by atoms with Crippen molar-refractivity contribution in [3.8, 4) is 5.75 Å². The minimum atomic E-state index is -0.527. The molecule has 0 fully saturated rings. The first kappa shape index (κ1) is 18.0. The third kappa shape index (κ3) is 3.29. The number of pyridine rings is 1. The first-order chi connectivity index (χ1) is 13.6. The van der Waals surface area contributed by atoms with Gasteiger partial charge in [0.1, 0.15) is 5.75 Å². The first-order valence-corrected chi connectivity index (χ1v) is 9.11. The van der Waals surface area contributed by atoms with Crippen LogP contribution in [-0.4, -0.2) is 35.9 Å². The normalized spacial score (nSPS) is 15.6. The molecule has 2 aromatic carbocycles. The SMILES string of the molecule is COc1ccc2c(c1)[C@H](C(=O)N(C)Cc1cccc3cnccc13)CC(=O)N2. The largest absolute Gasteiger partial charge is 0.497 e. The van der Waals surface area contributed by atoms with E-state index < -0.39 is 5.92 Å². The van der Waals surface area contributed by atoms with Crippen molar-refractivity contribution in [2.45, 2.75) is 18.9 Å². The van der Waals surface area contributed by atoms with Crippen molar-refractivity contribution in [2.75, 3.05) is 19.5 Å². The Morgan fingerprint density at radius 1 is 1.29 bits per heavy atom. The molecule has 1 aliphatic rings. The fraction of sp³-hybridized carbons (Fsp3) is 0.227. The molecule has 1 atom stereocenters. The van der Waals surface area contributed by atoms with Gasteiger partial charge in [-0.05, 0) is 40.8 Å². The average molecular weight is 375 g/mol. The van der Waals surface area contributed by atoms with E-state index in [-0.39, 0.29) is 18.2 Å². The zero-order valence-electron chi connectivity index (χ0n) is 15.8. The highest BCUT2D eigenvalue weighted by Gasteiger charge is 2.33. The molecule has 1 N–H and O–H groups in total. The molecule has 142 valence electrons. The molecule has 28 heavy (non-hydrogen) atoms. The Morgan fingerprint density at radius 2 is 2.14 bits per heavy atom. The summed E-state index contributed by atoms with van der Waals surface area (Å²) in [6.45, 7) is 0.456. The van der Waals surface area contributed by atoms with Crippen LogP contribution in [0.4, 0.5) is 5.69 Å². The van der Waals surface area contributed by atoms with Gasteiger partial charge in [0.05, 0.1) is 13.0 Å². The molecule has 6 heteroatoms. The maximum Gasteiger partial charge on any atom is 0.230 e. The van der Waals surface area contributed by atoms with Gasteiger partial charge in [-0.1, -0.05) is 18.2 Å². The molecular weight excluding hydrogens is 354 g/mol. The summed E-state index contributed by atoms with van der Waals surface area (Å²) in [4.78, 5) is 31.2. The summed E-state index contributed by atoms with van der Waals surface area (Å²) >= 11 is 0. The second kappa shape index (κ2) is 7.31. The maximum absolute atomic E-state index is 13.2. The molecule has 0 bridgehead atoms. The van der Waals surface area contributed by atoms with Crippen LogP contribution >= 0.6 is 0 Å². The lowest BCUT2D eigenvalue weighted by Crippen LogP contribution is -2.36. The third-order valence-corrected chi connectivity index (χ3v) is 5.15. The van der Waals surface area contributed by atoms with E-state index >= 15 is 0 Å². The molecule has 2 amide bonds. The van der Waals surface area contributed by atoms with E-state index in [1.807, 2.05) is 36.5 Å². The van der Waals surface area contributed by atoms with Gasteiger partial charge in [0.2, 0.25) is 11.8 Å². The Morgan fingerprint density at radius 3 is 2.96 bits per heavy atom. The van der Waals surface area contributed by atoms with Gasteiger partial charge in [-0.15, -0.1) is 0 Å². The van der Waals surface area contributed by atoms with Crippen LogP contribution in [0.15, 0.2) is 54.9 Å². The van der Waals surface area contributed by atoms with Gasteiger partial charge in [0.25, 0.3) is 0 Å². The van der Waals surface area contributed by atoms with E-state index in [4.69, 9.17) is 4.74 Å². The summed E-state index contributed by atoms with van der Waals surface area (Å²) in [5.74, 6) is -0.103. The third-order valence-electron chi connectivity index (χ3n) is 5.15. The van der Waals surface area contributed by atoms with Gasteiger partial charge in [-0.3, -0.25) is 14.6 Å². The molecular formula is C22H21N3O3. The Hall–Kier alpha value is -3.41.